The Morgan fingerprint density at radius 1 is 1.12 bits per heavy atom. The van der Waals surface area contributed by atoms with Crippen LogP contribution in [0.15, 0.2) is 48.7 Å². The Balaban J connectivity index is 1.92. The largest absolute Gasteiger partial charge is 0.465 e. The molecule has 7 nitrogen and oxygen atoms in total. The van der Waals surface area contributed by atoms with Crippen LogP contribution in [0.25, 0.3) is 0 Å². The number of benzene rings is 1. The Bertz CT molecular complexity index is 760. The predicted molar refractivity (Wildman–Crippen MR) is 96.5 cm³/mol. The van der Waals surface area contributed by atoms with Crippen molar-refractivity contribution in [3.05, 3.63) is 59.9 Å². The van der Waals surface area contributed by atoms with Crippen LogP contribution in [0, 0.1) is 0 Å². The molecule has 0 saturated carbocycles. The molecule has 7 heteroatoms. The number of amides is 2. The summed E-state index contributed by atoms with van der Waals surface area (Å²) in [4.78, 5) is 41.0. The highest BCUT2D eigenvalue weighted by atomic mass is 16.5. The van der Waals surface area contributed by atoms with Gasteiger partial charge in [0.25, 0.3) is 0 Å². The van der Waals surface area contributed by atoms with Crippen LogP contribution in [0.2, 0.25) is 0 Å². The SMILES string of the molecule is COC(=O)c1ccc(N(CCC(=O)NCc2ccccn2)C(C)=O)cc1. The number of ether oxygens (including phenoxy) is 1. The summed E-state index contributed by atoms with van der Waals surface area (Å²) in [7, 11) is 1.31. The standard InChI is InChI=1S/C19H21N3O4/c1-14(23)22(17-8-6-15(7-9-17)19(25)26-2)12-10-18(24)21-13-16-5-3-4-11-20-16/h3-9,11H,10,12-13H2,1-2H3,(H,21,24). The maximum Gasteiger partial charge on any atom is 0.337 e. The molecule has 0 spiro atoms. The second-order valence-corrected chi connectivity index (χ2v) is 5.56. The molecule has 1 N–H and O–H groups in total. The Morgan fingerprint density at radius 3 is 2.42 bits per heavy atom. The van der Waals surface area contributed by atoms with Gasteiger partial charge in [0.15, 0.2) is 0 Å². The fourth-order valence-electron chi connectivity index (χ4n) is 2.36. The number of hydrogen-bond acceptors (Lipinski definition) is 5. The molecule has 0 radical (unpaired) electrons. The first-order chi connectivity index (χ1) is 12.5. The molecule has 2 amide bonds. The first kappa shape index (κ1) is 19.1. The van der Waals surface area contributed by atoms with Crippen LogP contribution in [-0.2, 0) is 20.9 Å². The Hall–Kier alpha value is -3.22. The van der Waals surface area contributed by atoms with Crippen molar-refractivity contribution < 1.29 is 19.1 Å². The molecular formula is C19H21N3O4. The van der Waals surface area contributed by atoms with Crippen molar-refractivity contribution in [2.75, 3.05) is 18.6 Å². The van der Waals surface area contributed by atoms with E-state index in [1.54, 1.807) is 30.5 Å². The number of nitrogens with zero attached hydrogens (tertiary/aromatic N) is 2. The van der Waals surface area contributed by atoms with E-state index in [1.807, 2.05) is 18.2 Å². The molecule has 0 saturated heterocycles. The molecule has 0 atom stereocenters. The lowest BCUT2D eigenvalue weighted by Gasteiger charge is -2.21. The molecule has 1 aromatic carbocycles. The van der Waals surface area contributed by atoms with E-state index in [9.17, 15) is 14.4 Å². The van der Waals surface area contributed by atoms with Crippen molar-refractivity contribution in [2.24, 2.45) is 0 Å². The number of pyridine rings is 1. The van der Waals surface area contributed by atoms with E-state index in [4.69, 9.17) is 0 Å². The normalized spacial score (nSPS) is 10.1. The number of carbonyl (C=O) groups excluding carboxylic acids is 3. The van der Waals surface area contributed by atoms with Gasteiger partial charge in [0.05, 0.1) is 24.9 Å². The molecule has 0 aliphatic heterocycles. The topological polar surface area (TPSA) is 88.6 Å². The van der Waals surface area contributed by atoms with Gasteiger partial charge in [-0.25, -0.2) is 4.79 Å². The second-order valence-electron chi connectivity index (χ2n) is 5.56. The zero-order valence-electron chi connectivity index (χ0n) is 14.8. The van der Waals surface area contributed by atoms with Gasteiger partial charge in [0, 0.05) is 31.8 Å². The highest BCUT2D eigenvalue weighted by Gasteiger charge is 2.14. The van der Waals surface area contributed by atoms with Gasteiger partial charge < -0.3 is 15.0 Å². The molecule has 0 fully saturated rings. The molecule has 0 unspecified atom stereocenters. The molecule has 2 aromatic rings. The third-order valence-corrected chi connectivity index (χ3v) is 3.74. The molecule has 26 heavy (non-hydrogen) atoms. The van der Waals surface area contributed by atoms with Gasteiger partial charge in [-0.05, 0) is 36.4 Å². The molecule has 1 heterocycles. The Labute approximate surface area is 152 Å². The van der Waals surface area contributed by atoms with E-state index in [0.29, 0.717) is 17.8 Å². The minimum Gasteiger partial charge on any atom is -0.465 e. The first-order valence-electron chi connectivity index (χ1n) is 8.14. The first-order valence-corrected chi connectivity index (χ1v) is 8.14. The van der Waals surface area contributed by atoms with E-state index >= 15 is 0 Å². The Morgan fingerprint density at radius 2 is 1.85 bits per heavy atom. The lowest BCUT2D eigenvalue weighted by molar-refractivity contribution is -0.121. The lowest BCUT2D eigenvalue weighted by atomic mass is 10.2. The maximum absolute atomic E-state index is 12.0. The third kappa shape index (κ3) is 5.41. The monoisotopic (exact) mass is 355 g/mol. The van der Waals surface area contributed by atoms with E-state index in [0.717, 1.165) is 5.69 Å². The summed E-state index contributed by atoms with van der Waals surface area (Å²) >= 11 is 0. The summed E-state index contributed by atoms with van der Waals surface area (Å²) in [6, 6.07) is 12.0. The average molecular weight is 355 g/mol. The highest BCUT2D eigenvalue weighted by Crippen LogP contribution is 2.16. The van der Waals surface area contributed by atoms with Crippen LogP contribution in [-0.4, -0.2) is 36.4 Å². The van der Waals surface area contributed by atoms with E-state index < -0.39 is 5.97 Å². The summed E-state index contributed by atoms with van der Waals surface area (Å²) < 4.78 is 4.65. The fourth-order valence-corrected chi connectivity index (χ4v) is 2.36. The van der Waals surface area contributed by atoms with Crippen LogP contribution in [0.4, 0.5) is 5.69 Å². The van der Waals surface area contributed by atoms with Crippen molar-refractivity contribution >= 4 is 23.5 Å². The van der Waals surface area contributed by atoms with Crippen LogP contribution >= 0.6 is 0 Å². The number of rotatable bonds is 7. The van der Waals surface area contributed by atoms with Gasteiger partial charge in [0.1, 0.15) is 0 Å². The molecule has 0 aliphatic carbocycles. The summed E-state index contributed by atoms with van der Waals surface area (Å²) in [6.07, 6.45) is 1.82. The van der Waals surface area contributed by atoms with E-state index in [2.05, 4.69) is 15.0 Å². The zero-order chi connectivity index (χ0) is 18.9. The highest BCUT2D eigenvalue weighted by molar-refractivity contribution is 5.94. The van der Waals surface area contributed by atoms with Crippen LogP contribution in [0.5, 0.6) is 0 Å². The molecule has 1 aromatic heterocycles. The number of methoxy groups -OCH3 is 1. The summed E-state index contributed by atoms with van der Waals surface area (Å²) in [5.74, 6) is -0.804. The van der Waals surface area contributed by atoms with Crippen LogP contribution < -0.4 is 10.2 Å². The predicted octanol–water partition coefficient (Wildman–Crippen LogP) is 1.93. The van der Waals surface area contributed by atoms with Gasteiger partial charge in [-0.2, -0.15) is 0 Å². The number of anilines is 1. The zero-order valence-corrected chi connectivity index (χ0v) is 14.8. The average Bonchev–Trinajstić information content (AvgIpc) is 2.67. The minimum atomic E-state index is -0.445. The van der Waals surface area contributed by atoms with Crippen molar-refractivity contribution in [2.45, 2.75) is 19.9 Å². The van der Waals surface area contributed by atoms with E-state index in [1.165, 1.54) is 18.9 Å². The molecule has 0 bridgehead atoms. The van der Waals surface area contributed by atoms with Gasteiger partial charge in [-0.15, -0.1) is 0 Å². The fraction of sp³-hybridized carbons (Fsp3) is 0.263. The maximum atomic E-state index is 12.0. The lowest BCUT2D eigenvalue weighted by Crippen LogP contribution is -2.33. The van der Waals surface area contributed by atoms with Gasteiger partial charge in [0.2, 0.25) is 11.8 Å². The van der Waals surface area contributed by atoms with Gasteiger partial charge in [-0.1, -0.05) is 6.07 Å². The number of nitrogens with one attached hydrogen (secondary N) is 1. The number of aromatic nitrogens is 1. The van der Waals surface area contributed by atoms with Crippen molar-refractivity contribution in [3.8, 4) is 0 Å². The second kappa shape index (κ2) is 9.31. The quantitative estimate of drug-likeness (QED) is 0.767. The summed E-state index contributed by atoms with van der Waals surface area (Å²) in [5.41, 5.74) is 1.78. The van der Waals surface area contributed by atoms with Crippen molar-refractivity contribution in [1.29, 1.82) is 0 Å². The Kier molecular flexibility index (Phi) is 6.84. The van der Waals surface area contributed by atoms with Crippen LogP contribution in [0.1, 0.15) is 29.4 Å². The molecule has 136 valence electrons. The molecule has 0 aliphatic rings. The van der Waals surface area contributed by atoms with Gasteiger partial charge in [-0.3, -0.25) is 14.6 Å². The van der Waals surface area contributed by atoms with Gasteiger partial charge >= 0.3 is 5.97 Å². The number of esters is 1. The van der Waals surface area contributed by atoms with Crippen LogP contribution in [0.3, 0.4) is 0 Å². The summed E-state index contributed by atoms with van der Waals surface area (Å²) in [6.45, 7) is 2.01. The summed E-state index contributed by atoms with van der Waals surface area (Å²) in [5, 5.41) is 2.78. The smallest absolute Gasteiger partial charge is 0.337 e. The molecular weight excluding hydrogens is 334 g/mol. The van der Waals surface area contributed by atoms with E-state index in [-0.39, 0.29) is 24.8 Å². The van der Waals surface area contributed by atoms with Crippen molar-refractivity contribution in [3.63, 3.8) is 0 Å². The van der Waals surface area contributed by atoms with Crippen molar-refractivity contribution in [1.82, 2.24) is 10.3 Å². The third-order valence-electron chi connectivity index (χ3n) is 3.74. The number of carbonyl (C=O) groups is 3. The molecule has 2 rings (SSSR count). The number of hydrogen-bond donors (Lipinski definition) is 1. The minimum absolute atomic E-state index is 0.158.